The Balaban J connectivity index is 2.04. The number of thiazole rings is 1. The van der Waals surface area contributed by atoms with Crippen LogP contribution < -0.4 is 5.73 Å². The zero-order valence-electron chi connectivity index (χ0n) is 8.82. The fourth-order valence-corrected chi connectivity index (χ4v) is 3.53. The number of hydrogen-bond acceptors (Lipinski definition) is 3. The van der Waals surface area contributed by atoms with Crippen LogP contribution in [0.2, 0.25) is 0 Å². The Bertz CT molecular complexity index is 523. The van der Waals surface area contributed by atoms with Gasteiger partial charge in [-0.2, -0.15) is 0 Å². The average Bonchev–Trinajstić information content (AvgIpc) is 2.82. The van der Waals surface area contributed by atoms with E-state index in [1.165, 1.54) is 18.6 Å². The Morgan fingerprint density at radius 1 is 1.38 bits per heavy atom. The first-order valence-electron chi connectivity index (χ1n) is 5.55. The third-order valence-corrected chi connectivity index (χ3v) is 4.42. The van der Waals surface area contributed by atoms with Gasteiger partial charge in [0.05, 0.1) is 15.2 Å². The predicted molar refractivity (Wildman–Crippen MR) is 64.1 cm³/mol. The average molecular weight is 236 g/mol. The van der Waals surface area contributed by atoms with Crippen LogP contribution in [0.25, 0.3) is 10.2 Å². The number of aromatic nitrogens is 1. The van der Waals surface area contributed by atoms with Crippen LogP contribution in [0.1, 0.15) is 30.2 Å². The first-order chi connectivity index (χ1) is 7.74. The number of nitrogens with zero attached hydrogens (tertiary/aromatic N) is 1. The molecule has 1 saturated carbocycles. The Morgan fingerprint density at radius 3 is 3.00 bits per heavy atom. The van der Waals surface area contributed by atoms with Crippen LogP contribution >= 0.6 is 11.3 Å². The molecule has 1 fully saturated rings. The van der Waals surface area contributed by atoms with Gasteiger partial charge in [-0.05, 0) is 25.0 Å². The Kier molecular flexibility index (Phi) is 2.41. The van der Waals surface area contributed by atoms with E-state index in [0.717, 1.165) is 28.1 Å². The maximum Gasteiger partial charge on any atom is 0.125 e. The highest BCUT2D eigenvalue weighted by Crippen LogP contribution is 2.37. The van der Waals surface area contributed by atoms with Crippen LogP contribution in [0.4, 0.5) is 4.39 Å². The summed E-state index contributed by atoms with van der Waals surface area (Å²) in [5, 5.41) is 1.07. The summed E-state index contributed by atoms with van der Waals surface area (Å²) in [5.41, 5.74) is 6.82. The molecule has 2 atom stereocenters. The van der Waals surface area contributed by atoms with Gasteiger partial charge in [0.15, 0.2) is 0 Å². The second kappa shape index (κ2) is 3.79. The molecular weight excluding hydrogens is 223 g/mol. The molecule has 2 aromatic rings. The SMILES string of the molecule is NC1CCCC1c1nc2cc(F)ccc2s1. The van der Waals surface area contributed by atoms with Gasteiger partial charge in [0.1, 0.15) is 5.82 Å². The third kappa shape index (κ3) is 1.62. The topological polar surface area (TPSA) is 38.9 Å². The van der Waals surface area contributed by atoms with Crippen LogP contribution in [-0.2, 0) is 0 Å². The molecule has 2 nitrogen and oxygen atoms in total. The standard InChI is InChI=1S/C12H13FN2S/c13-7-4-5-11-10(6-7)15-12(16-11)8-2-1-3-9(8)14/h4-6,8-9H,1-3,14H2. The van der Waals surface area contributed by atoms with Crippen molar-refractivity contribution >= 4 is 21.6 Å². The number of nitrogens with two attached hydrogens (primary N) is 1. The summed E-state index contributed by atoms with van der Waals surface area (Å²) >= 11 is 1.65. The van der Waals surface area contributed by atoms with Gasteiger partial charge in [-0.1, -0.05) is 6.42 Å². The van der Waals surface area contributed by atoms with Crippen molar-refractivity contribution in [2.75, 3.05) is 0 Å². The van der Waals surface area contributed by atoms with Gasteiger partial charge < -0.3 is 5.73 Å². The van der Waals surface area contributed by atoms with E-state index >= 15 is 0 Å². The molecule has 0 amide bonds. The smallest absolute Gasteiger partial charge is 0.125 e. The number of halogens is 1. The second-order valence-electron chi connectivity index (χ2n) is 4.37. The van der Waals surface area contributed by atoms with Crippen LogP contribution in [0.15, 0.2) is 18.2 Å². The minimum absolute atomic E-state index is 0.222. The highest BCUT2D eigenvalue weighted by atomic mass is 32.1. The molecule has 0 saturated heterocycles. The normalized spacial score (nSPS) is 25.4. The van der Waals surface area contributed by atoms with E-state index in [9.17, 15) is 4.39 Å². The molecule has 84 valence electrons. The zero-order valence-corrected chi connectivity index (χ0v) is 9.64. The van der Waals surface area contributed by atoms with Gasteiger partial charge in [-0.3, -0.25) is 0 Å². The van der Waals surface area contributed by atoms with E-state index in [4.69, 9.17) is 5.73 Å². The summed E-state index contributed by atoms with van der Waals surface area (Å²) in [4.78, 5) is 4.50. The third-order valence-electron chi connectivity index (χ3n) is 3.25. The van der Waals surface area contributed by atoms with Crippen LogP contribution in [0, 0.1) is 5.82 Å². The number of fused-ring (bicyclic) bond motifs is 1. The lowest BCUT2D eigenvalue weighted by atomic mass is 10.1. The lowest BCUT2D eigenvalue weighted by Gasteiger charge is -2.10. The predicted octanol–water partition coefficient (Wildman–Crippen LogP) is 3.03. The molecule has 4 heteroatoms. The summed E-state index contributed by atoms with van der Waals surface area (Å²) in [6.45, 7) is 0. The molecule has 1 aromatic carbocycles. The number of benzene rings is 1. The molecule has 16 heavy (non-hydrogen) atoms. The van der Waals surface area contributed by atoms with Crippen molar-refractivity contribution in [3.8, 4) is 0 Å². The fraction of sp³-hybridized carbons (Fsp3) is 0.417. The van der Waals surface area contributed by atoms with E-state index in [-0.39, 0.29) is 11.9 Å². The molecule has 1 heterocycles. The van der Waals surface area contributed by atoms with E-state index in [1.807, 2.05) is 0 Å². The van der Waals surface area contributed by atoms with Gasteiger partial charge in [0.2, 0.25) is 0 Å². The Labute approximate surface area is 97.3 Å². The zero-order chi connectivity index (χ0) is 11.1. The summed E-state index contributed by atoms with van der Waals surface area (Å²) in [5.74, 6) is 0.153. The second-order valence-corrected chi connectivity index (χ2v) is 5.43. The Hall–Kier alpha value is -1.00. The molecule has 0 spiro atoms. The van der Waals surface area contributed by atoms with Crippen LogP contribution in [-0.4, -0.2) is 11.0 Å². The van der Waals surface area contributed by atoms with Gasteiger partial charge in [-0.25, -0.2) is 9.37 Å². The molecule has 2 unspecified atom stereocenters. The molecule has 2 N–H and O–H groups in total. The van der Waals surface area contributed by atoms with Gasteiger partial charge >= 0.3 is 0 Å². The molecule has 0 bridgehead atoms. The van der Waals surface area contributed by atoms with Crippen LogP contribution in [0.3, 0.4) is 0 Å². The van der Waals surface area contributed by atoms with E-state index in [2.05, 4.69) is 4.98 Å². The highest BCUT2D eigenvalue weighted by Gasteiger charge is 2.28. The Morgan fingerprint density at radius 2 is 2.25 bits per heavy atom. The van der Waals surface area contributed by atoms with Crippen molar-refractivity contribution in [3.05, 3.63) is 29.0 Å². The first kappa shape index (κ1) is 10.2. The molecule has 3 rings (SSSR count). The molecule has 1 aromatic heterocycles. The summed E-state index contributed by atoms with van der Waals surface area (Å²) in [7, 11) is 0. The maximum absolute atomic E-state index is 13.0. The summed E-state index contributed by atoms with van der Waals surface area (Å²) < 4.78 is 14.1. The maximum atomic E-state index is 13.0. The van der Waals surface area contributed by atoms with Crippen molar-refractivity contribution in [3.63, 3.8) is 0 Å². The van der Waals surface area contributed by atoms with Crippen molar-refractivity contribution in [1.29, 1.82) is 0 Å². The van der Waals surface area contributed by atoms with Crippen molar-refractivity contribution in [1.82, 2.24) is 4.98 Å². The lowest BCUT2D eigenvalue weighted by Crippen LogP contribution is -2.22. The molecule has 0 radical (unpaired) electrons. The number of hydrogen-bond donors (Lipinski definition) is 1. The van der Waals surface area contributed by atoms with Crippen molar-refractivity contribution in [2.45, 2.75) is 31.2 Å². The first-order valence-corrected chi connectivity index (χ1v) is 6.37. The molecular formula is C12H13FN2S. The number of rotatable bonds is 1. The van der Waals surface area contributed by atoms with Gasteiger partial charge in [0.25, 0.3) is 0 Å². The highest BCUT2D eigenvalue weighted by molar-refractivity contribution is 7.18. The van der Waals surface area contributed by atoms with Gasteiger partial charge in [-0.15, -0.1) is 11.3 Å². The quantitative estimate of drug-likeness (QED) is 0.826. The van der Waals surface area contributed by atoms with Crippen LogP contribution in [0.5, 0.6) is 0 Å². The molecule has 1 aliphatic rings. The van der Waals surface area contributed by atoms with Gasteiger partial charge in [0, 0.05) is 18.0 Å². The van der Waals surface area contributed by atoms with E-state index in [1.54, 1.807) is 17.4 Å². The largest absolute Gasteiger partial charge is 0.327 e. The minimum atomic E-state index is -0.222. The fourth-order valence-electron chi connectivity index (χ4n) is 2.37. The molecule has 1 aliphatic carbocycles. The lowest BCUT2D eigenvalue weighted by molar-refractivity contribution is 0.610. The molecule has 0 aliphatic heterocycles. The van der Waals surface area contributed by atoms with E-state index in [0.29, 0.717) is 5.92 Å². The van der Waals surface area contributed by atoms with Crippen molar-refractivity contribution < 1.29 is 4.39 Å². The monoisotopic (exact) mass is 236 g/mol. The van der Waals surface area contributed by atoms with E-state index < -0.39 is 0 Å². The van der Waals surface area contributed by atoms with Crippen molar-refractivity contribution in [2.24, 2.45) is 5.73 Å². The minimum Gasteiger partial charge on any atom is -0.327 e. The summed E-state index contributed by atoms with van der Waals surface area (Å²) in [6.07, 6.45) is 3.37. The summed E-state index contributed by atoms with van der Waals surface area (Å²) in [6, 6.07) is 5.01.